The summed E-state index contributed by atoms with van der Waals surface area (Å²) in [5.41, 5.74) is -0.655. The highest BCUT2D eigenvalue weighted by atomic mass is 16.2. The van der Waals surface area contributed by atoms with Crippen molar-refractivity contribution < 1.29 is 9.59 Å². The van der Waals surface area contributed by atoms with Gasteiger partial charge in [0.2, 0.25) is 11.8 Å². The van der Waals surface area contributed by atoms with Gasteiger partial charge in [0.05, 0.1) is 0 Å². The largest absolute Gasteiger partial charge is 0.340 e. The van der Waals surface area contributed by atoms with E-state index in [0.29, 0.717) is 5.92 Å². The lowest BCUT2D eigenvalue weighted by molar-refractivity contribution is -0.161. The Labute approximate surface area is 108 Å². The van der Waals surface area contributed by atoms with E-state index in [9.17, 15) is 9.59 Å². The number of carbonyl (C=O) groups excluding carboxylic acids is 2. The Morgan fingerprint density at radius 2 is 2.00 bits per heavy atom. The fourth-order valence-electron chi connectivity index (χ4n) is 3.60. The highest BCUT2D eigenvalue weighted by molar-refractivity contribution is 5.98. The standard InChI is InChI=1S/C14H22N2O2/c1-3-14(7-4-8-14)16-9-11(17)15-13(2,12(16)18)10-5-6-10/h10H,3-9H2,1-2H3,(H,15,17). The Balaban J connectivity index is 1.90. The van der Waals surface area contributed by atoms with E-state index in [4.69, 9.17) is 0 Å². The second-order valence-corrected chi connectivity index (χ2v) is 6.35. The van der Waals surface area contributed by atoms with Gasteiger partial charge in [-0.3, -0.25) is 9.59 Å². The molecule has 0 aromatic heterocycles. The molecule has 1 N–H and O–H groups in total. The highest BCUT2D eigenvalue weighted by Gasteiger charge is 2.57. The molecular weight excluding hydrogens is 228 g/mol. The van der Waals surface area contributed by atoms with Gasteiger partial charge in [-0.25, -0.2) is 0 Å². The maximum atomic E-state index is 12.8. The number of hydrogen-bond donors (Lipinski definition) is 1. The van der Waals surface area contributed by atoms with E-state index in [0.717, 1.165) is 32.1 Å². The summed E-state index contributed by atoms with van der Waals surface area (Å²) in [6.45, 7) is 4.31. The zero-order chi connectivity index (χ0) is 13.0. The van der Waals surface area contributed by atoms with E-state index in [1.54, 1.807) is 0 Å². The summed E-state index contributed by atoms with van der Waals surface area (Å²) in [4.78, 5) is 26.6. The van der Waals surface area contributed by atoms with Crippen molar-refractivity contribution in [3.05, 3.63) is 0 Å². The van der Waals surface area contributed by atoms with Crippen LogP contribution in [0.4, 0.5) is 0 Å². The molecule has 0 bridgehead atoms. The van der Waals surface area contributed by atoms with Crippen molar-refractivity contribution in [1.29, 1.82) is 0 Å². The number of carbonyl (C=O) groups is 2. The first-order valence-electron chi connectivity index (χ1n) is 7.15. The Bertz CT molecular complexity index is 393. The van der Waals surface area contributed by atoms with Crippen molar-refractivity contribution in [2.75, 3.05) is 6.54 Å². The molecular formula is C14H22N2O2. The van der Waals surface area contributed by atoms with Crippen LogP contribution < -0.4 is 5.32 Å². The fourth-order valence-corrected chi connectivity index (χ4v) is 3.60. The molecule has 2 amide bonds. The zero-order valence-electron chi connectivity index (χ0n) is 11.3. The molecule has 1 unspecified atom stereocenters. The first-order chi connectivity index (χ1) is 8.52. The molecule has 1 atom stereocenters. The monoisotopic (exact) mass is 250 g/mol. The van der Waals surface area contributed by atoms with Crippen LogP contribution in [0.3, 0.4) is 0 Å². The highest BCUT2D eigenvalue weighted by Crippen LogP contribution is 2.46. The van der Waals surface area contributed by atoms with Crippen LogP contribution in [0.2, 0.25) is 0 Å². The minimum Gasteiger partial charge on any atom is -0.340 e. The summed E-state index contributed by atoms with van der Waals surface area (Å²) in [7, 11) is 0. The molecule has 0 spiro atoms. The first kappa shape index (κ1) is 12.0. The molecule has 1 heterocycles. The van der Waals surface area contributed by atoms with Crippen LogP contribution in [0, 0.1) is 5.92 Å². The minimum atomic E-state index is -0.632. The zero-order valence-corrected chi connectivity index (χ0v) is 11.3. The molecule has 100 valence electrons. The molecule has 0 aromatic carbocycles. The molecule has 1 aliphatic heterocycles. The molecule has 3 fully saturated rings. The van der Waals surface area contributed by atoms with Gasteiger partial charge in [0.25, 0.3) is 0 Å². The average Bonchev–Trinajstić information content (AvgIpc) is 3.08. The summed E-state index contributed by atoms with van der Waals surface area (Å²) in [5, 5.41) is 2.95. The lowest BCUT2D eigenvalue weighted by atomic mass is 9.72. The SMILES string of the molecule is CCC1(N2CC(=O)NC(C)(C3CC3)C2=O)CCC1. The predicted octanol–water partition coefficient (Wildman–Crippen LogP) is 1.45. The number of amides is 2. The van der Waals surface area contributed by atoms with Crippen molar-refractivity contribution in [3.63, 3.8) is 0 Å². The summed E-state index contributed by atoms with van der Waals surface area (Å²) < 4.78 is 0. The van der Waals surface area contributed by atoms with E-state index in [2.05, 4.69) is 12.2 Å². The molecule has 4 heteroatoms. The normalized spacial score (nSPS) is 35.1. The first-order valence-corrected chi connectivity index (χ1v) is 7.15. The molecule has 3 aliphatic rings. The third-order valence-corrected chi connectivity index (χ3v) is 5.30. The second kappa shape index (κ2) is 3.72. The number of piperazine rings is 1. The molecule has 3 rings (SSSR count). The lowest BCUT2D eigenvalue weighted by Gasteiger charge is -2.54. The van der Waals surface area contributed by atoms with Crippen LogP contribution in [-0.2, 0) is 9.59 Å². The van der Waals surface area contributed by atoms with Gasteiger partial charge in [-0.15, -0.1) is 0 Å². The summed E-state index contributed by atoms with van der Waals surface area (Å²) in [6, 6.07) is 0. The predicted molar refractivity (Wildman–Crippen MR) is 67.9 cm³/mol. The minimum absolute atomic E-state index is 0.0173. The molecule has 4 nitrogen and oxygen atoms in total. The van der Waals surface area contributed by atoms with Gasteiger partial charge in [0, 0.05) is 5.54 Å². The molecule has 18 heavy (non-hydrogen) atoms. The van der Waals surface area contributed by atoms with Crippen LogP contribution in [0.15, 0.2) is 0 Å². The Kier molecular flexibility index (Phi) is 2.48. The summed E-state index contributed by atoms with van der Waals surface area (Å²) >= 11 is 0. The van der Waals surface area contributed by atoms with Gasteiger partial charge < -0.3 is 10.2 Å². The van der Waals surface area contributed by atoms with Gasteiger partial charge in [0.1, 0.15) is 12.1 Å². The van der Waals surface area contributed by atoms with Gasteiger partial charge in [-0.2, -0.15) is 0 Å². The van der Waals surface area contributed by atoms with Crippen molar-refractivity contribution in [3.8, 4) is 0 Å². The van der Waals surface area contributed by atoms with E-state index < -0.39 is 5.54 Å². The molecule has 1 saturated heterocycles. The van der Waals surface area contributed by atoms with Gasteiger partial charge in [-0.1, -0.05) is 6.92 Å². The number of rotatable bonds is 3. The van der Waals surface area contributed by atoms with E-state index in [1.807, 2.05) is 11.8 Å². The van der Waals surface area contributed by atoms with Crippen molar-refractivity contribution in [1.82, 2.24) is 10.2 Å². The average molecular weight is 250 g/mol. The Hall–Kier alpha value is -1.06. The smallest absolute Gasteiger partial charge is 0.249 e. The van der Waals surface area contributed by atoms with Crippen LogP contribution in [0.1, 0.15) is 52.4 Å². The number of hydrogen-bond acceptors (Lipinski definition) is 2. The third-order valence-electron chi connectivity index (χ3n) is 5.30. The number of nitrogens with zero attached hydrogens (tertiary/aromatic N) is 1. The van der Waals surface area contributed by atoms with Gasteiger partial charge >= 0.3 is 0 Å². The van der Waals surface area contributed by atoms with Crippen molar-refractivity contribution in [2.24, 2.45) is 5.92 Å². The van der Waals surface area contributed by atoms with Crippen LogP contribution in [0.5, 0.6) is 0 Å². The van der Waals surface area contributed by atoms with Gasteiger partial charge in [-0.05, 0) is 51.4 Å². The maximum Gasteiger partial charge on any atom is 0.249 e. The van der Waals surface area contributed by atoms with Crippen LogP contribution in [0.25, 0.3) is 0 Å². The molecule has 2 saturated carbocycles. The quantitative estimate of drug-likeness (QED) is 0.824. The van der Waals surface area contributed by atoms with Crippen LogP contribution >= 0.6 is 0 Å². The molecule has 2 aliphatic carbocycles. The van der Waals surface area contributed by atoms with Crippen molar-refractivity contribution >= 4 is 11.8 Å². The van der Waals surface area contributed by atoms with E-state index in [1.165, 1.54) is 6.42 Å². The Morgan fingerprint density at radius 3 is 2.44 bits per heavy atom. The van der Waals surface area contributed by atoms with Crippen LogP contribution in [-0.4, -0.2) is 34.3 Å². The van der Waals surface area contributed by atoms with Gasteiger partial charge in [0.15, 0.2) is 0 Å². The number of nitrogens with one attached hydrogen (secondary N) is 1. The molecule has 0 aromatic rings. The third kappa shape index (κ3) is 1.50. The maximum absolute atomic E-state index is 12.8. The second-order valence-electron chi connectivity index (χ2n) is 6.35. The van der Waals surface area contributed by atoms with Crippen molar-refractivity contribution in [2.45, 2.75) is 63.5 Å². The van der Waals surface area contributed by atoms with E-state index in [-0.39, 0.29) is 23.9 Å². The van der Waals surface area contributed by atoms with E-state index >= 15 is 0 Å². The fraction of sp³-hybridized carbons (Fsp3) is 0.857. The summed E-state index contributed by atoms with van der Waals surface area (Å²) in [5.74, 6) is 0.528. The summed E-state index contributed by atoms with van der Waals surface area (Å²) in [6.07, 6.45) is 6.39. The lowest BCUT2D eigenvalue weighted by Crippen LogP contribution is -2.72. The Morgan fingerprint density at radius 1 is 1.33 bits per heavy atom. The topological polar surface area (TPSA) is 49.4 Å². The molecule has 0 radical (unpaired) electrons.